The van der Waals surface area contributed by atoms with Gasteiger partial charge in [-0.1, -0.05) is 307 Å². The molecule has 0 spiro atoms. The molecule has 7 unspecified atom stereocenters. The van der Waals surface area contributed by atoms with Crippen molar-refractivity contribution in [2.24, 2.45) is 0 Å². The van der Waals surface area contributed by atoms with Crippen LogP contribution in [-0.2, 0) is 14.3 Å². The van der Waals surface area contributed by atoms with Crippen molar-refractivity contribution in [3.05, 3.63) is 146 Å². The Labute approximate surface area is 527 Å². The highest BCUT2D eigenvalue weighted by Gasteiger charge is 2.44. The number of amides is 1. The molecule has 9 nitrogen and oxygen atoms in total. The van der Waals surface area contributed by atoms with Gasteiger partial charge in [0.05, 0.1) is 25.4 Å². The molecule has 7 atom stereocenters. The summed E-state index contributed by atoms with van der Waals surface area (Å²) in [5, 5.41) is 54.7. The van der Waals surface area contributed by atoms with Crippen LogP contribution in [-0.4, -0.2) is 87.5 Å². The van der Waals surface area contributed by atoms with E-state index in [1.165, 1.54) is 128 Å². The first-order chi connectivity index (χ1) is 42.3. The number of hydrogen-bond donors (Lipinski definition) is 6. The van der Waals surface area contributed by atoms with Crippen LogP contribution in [0.3, 0.4) is 0 Å². The maximum atomic E-state index is 13.1. The van der Waals surface area contributed by atoms with E-state index < -0.39 is 49.5 Å². The summed E-state index contributed by atoms with van der Waals surface area (Å²) in [6.07, 6.45) is 92.3. The molecule has 0 aromatic carbocycles. The third-order valence-corrected chi connectivity index (χ3v) is 15.6. The lowest BCUT2D eigenvalue weighted by molar-refractivity contribution is -0.302. The molecule has 1 rings (SSSR count). The van der Waals surface area contributed by atoms with Crippen molar-refractivity contribution in [1.29, 1.82) is 0 Å². The van der Waals surface area contributed by atoms with E-state index in [0.29, 0.717) is 6.42 Å². The Morgan fingerprint density at radius 1 is 0.407 bits per heavy atom. The summed E-state index contributed by atoms with van der Waals surface area (Å²) in [4.78, 5) is 13.1. The summed E-state index contributed by atoms with van der Waals surface area (Å²) in [5.74, 6) is -0.205. The first-order valence-electron chi connectivity index (χ1n) is 35.1. The van der Waals surface area contributed by atoms with Crippen molar-refractivity contribution in [1.82, 2.24) is 5.32 Å². The summed E-state index contributed by atoms with van der Waals surface area (Å²) in [5.41, 5.74) is 0. The molecule has 0 radical (unpaired) electrons. The Balaban J connectivity index is 2.21. The van der Waals surface area contributed by atoms with E-state index in [-0.39, 0.29) is 12.5 Å². The molecule has 0 aromatic heterocycles. The number of carbonyl (C=O) groups excluding carboxylic acids is 1. The monoisotopic (exact) mass is 1200 g/mol. The van der Waals surface area contributed by atoms with Gasteiger partial charge in [0.25, 0.3) is 0 Å². The van der Waals surface area contributed by atoms with Gasteiger partial charge in [0, 0.05) is 6.42 Å². The second kappa shape index (κ2) is 64.1. The lowest BCUT2D eigenvalue weighted by Crippen LogP contribution is -2.60. The SMILES string of the molecule is CC/C=C\C/C=C\C/C=C\C/C=C\C/C=C\C/C=C\C/C=C\C/C=C\C/C=C\C/C=C\CCCCCCCCC(=O)NC(COC1OC(CO)C(O)C(O)C1O)C(O)/C=C/CC/C=C/CCCCCCCCCCCCCCCCCCCCCC. The summed E-state index contributed by atoms with van der Waals surface area (Å²) in [6.45, 7) is 3.66. The van der Waals surface area contributed by atoms with Gasteiger partial charge < -0.3 is 40.3 Å². The van der Waals surface area contributed by atoms with Crippen LogP contribution < -0.4 is 5.32 Å². The Morgan fingerprint density at radius 3 is 1.12 bits per heavy atom. The molecule has 0 bridgehead atoms. The average molecular weight is 1200 g/mol. The molecule has 1 heterocycles. The lowest BCUT2D eigenvalue weighted by atomic mass is 9.99. The van der Waals surface area contributed by atoms with Crippen LogP contribution in [0.15, 0.2) is 146 Å². The third kappa shape index (κ3) is 52.1. The molecule has 1 aliphatic heterocycles. The molecule has 490 valence electrons. The van der Waals surface area contributed by atoms with Crippen molar-refractivity contribution in [3.63, 3.8) is 0 Å². The van der Waals surface area contributed by atoms with Gasteiger partial charge in [-0.25, -0.2) is 0 Å². The van der Waals surface area contributed by atoms with E-state index in [4.69, 9.17) is 9.47 Å². The maximum Gasteiger partial charge on any atom is 0.220 e. The number of unbranched alkanes of at least 4 members (excludes halogenated alkanes) is 27. The summed E-state index contributed by atoms with van der Waals surface area (Å²) in [6, 6.07) is -0.843. The minimum Gasteiger partial charge on any atom is -0.394 e. The van der Waals surface area contributed by atoms with Crippen LogP contribution in [0, 0.1) is 0 Å². The highest BCUT2D eigenvalue weighted by molar-refractivity contribution is 5.76. The minimum absolute atomic E-state index is 0.205. The second-order valence-corrected chi connectivity index (χ2v) is 23.6. The largest absolute Gasteiger partial charge is 0.394 e. The highest BCUT2D eigenvalue weighted by atomic mass is 16.7. The van der Waals surface area contributed by atoms with Gasteiger partial charge in [0.1, 0.15) is 24.4 Å². The standard InChI is InChI=1S/C77H129NO8/c1-3-5-7-9-11-13-15-17-19-21-23-25-27-29-31-32-33-34-35-36-37-38-39-40-41-43-45-47-49-51-53-55-57-59-61-63-65-67-73(81)78-70(69-85-77-76(84)75(83)74(82)72(68-79)86-77)71(80)66-64-62-60-58-56-54-52-50-48-46-44-42-30-28-26-24-22-20-18-16-14-12-10-8-6-4-2/h5,7,11,13,17,19,23,25,29,31,33-34,36-37,39-40,43,45,49,51,56,58,64,66,70-72,74-77,79-80,82-84H,3-4,6,8-10,12,14-16,18,20-22,24,26-28,30,32,35,38,41-42,44,46-48,50,52-55,57,59-63,65,67-69H2,1-2H3,(H,78,81)/b7-5-,13-11-,19-17-,25-23-,31-29-,34-33-,37-36-,40-39-,45-43-,51-49-,58-56+,66-64+. The first kappa shape index (κ1) is 80.1. The first-order valence-corrected chi connectivity index (χ1v) is 35.1. The number of aliphatic hydroxyl groups excluding tert-OH is 5. The number of rotatable bonds is 59. The van der Waals surface area contributed by atoms with E-state index in [9.17, 15) is 30.3 Å². The van der Waals surface area contributed by atoms with Crippen LogP contribution >= 0.6 is 0 Å². The molecular weight excluding hydrogens is 1070 g/mol. The molecule has 0 saturated carbocycles. The van der Waals surface area contributed by atoms with Crippen LogP contribution in [0.4, 0.5) is 0 Å². The molecule has 1 aliphatic rings. The van der Waals surface area contributed by atoms with E-state index in [1.807, 2.05) is 6.08 Å². The van der Waals surface area contributed by atoms with Crippen LogP contribution in [0.5, 0.6) is 0 Å². The van der Waals surface area contributed by atoms with Gasteiger partial charge in [-0.3, -0.25) is 4.79 Å². The Bertz CT molecular complexity index is 1870. The highest BCUT2D eigenvalue weighted by Crippen LogP contribution is 2.23. The maximum absolute atomic E-state index is 13.1. The van der Waals surface area contributed by atoms with Crippen LogP contribution in [0.25, 0.3) is 0 Å². The van der Waals surface area contributed by atoms with Crippen LogP contribution in [0.2, 0.25) is 0 Å². The van der Waals surface area contributed by atoms with Gasteiger partial charge in [0.15, 0.2) is 6.29 Å². The zero-order valence-electron chi connectivity index (χ0n) is 54.8. The molecule has 1 amide bonds. The van der Waals surface area contributed by atoms with E-state index in [1.54, 1.807) is 6.08 Å². The van der Waals surface area contributed by atoms with Gasteiger partial charge in [0.2, 0.25) is 5.91 Å². The molecule has 6 N–H and O–H groups in total. The quantitative estimate of drug-likeness (QED) is 0.0261. The van der Waals surface area contributed by atoms with Crippen molar-refractivity contribution >= 4 is 5.91 Å². The molecule has 1 saturated heterocycles. The smallest absolute Gasteiger partial charge is 0.220 e. The topological polar surface area (TPSA) is 149 Å². The average Bonchev–Trinajstić information content (AvgIpc) is 2.44. The van der Waals surface area contributed by atoms with E-state index >= 15 is 0 Å². The number of carbonyl (C=O) groups is 1. The molecule has 0 aliphatic carbocycles. The van der Waals surface area contributed by atoms with Crippen molar-refractivity contribution < 1.29 is 39.8 Å². The van der Waals surface area contributed by atoms with E-state index in [2.05, 4.69) is 153 Å². The Kier molecular flexibility index (Phi) is 59.7. The van der Waals surface area contributed by atoms with Crippen molar-refractivity contribution in [2.75, 3.05) is 13.2 Å². The van der Waals surface area contributed by atoms with Gasteiger partial charge in [-0.2, -0.15) is 0 Å². The summed E-state index contributed by atoms with van der Waals surface area (Å²) >= 11 is 0. The predicted octanol–water partition coefficient (Wildman–Crippen LogP) is 19.4. The Hall–Kier alpha value is -3.93. The Morgan fingerprint density at radius 2 is 0.733 bits per heavy atom. The fourth-order valence-corrected chi connectivity index (χ4v) is 10.2. The van der Waals surface area contributed by atoms with Gasteiger partial charge in [-0.05, 0) is 109 Å². The number of allylic oxidation sites excluding steroid dienone is 23. The zero-order chi connectivity index (χ0) is 62.1. The fourth-order valence-electron chi connectivity index (χ4n) is 10.2. The normalized spacial score (nSPS) is 19.0. The summed E-state index contributed by atoms with van der Waals surface area (Å²) in [7, 11) is 0. The zero-order valence-corrected chi connectivity index (χ0v) is 54.8. The van der Waals surface area contributed by atoms with Crippen LogP contribution in [0.1, 0.15) is 277 Å². The molecular formula is C77H129NO8. The second-order valence-electron chi connectivity index (χ2n) is 23.6. The molecule has 0 aromatic rings. The molecule has 86 heavy (non-hydrogen) atoms. The lowest BCUT2D eigenvalue weighted by Gasteiger charge is -2.40. The molecule has 1 fully saturated rings. The number of nitrogens with one attached hydrogen (secondary N) is 1. The van der Waals surface area contributed by atoms with Gasteiger partial charge >= 0.3 is 0 Å². The fraction of sp³-hybridized carbons (Fsp3) is 0.675. The third-order valence-electron chi connectivity index (χ3n) is 15.6. The van der Waals surface area contributed by atoms with Crippen molar-refractivity contribution in [3.8, 4) is 0 Å². The van der Waals surface area contributed by atoms with E-state index in [0.717, 1.165) is 128 Å². The van der Waals surface area contributed by atoms with Crippen molar-refractivity contribution in [2.45, 2.75) is 320 Å². The predicted molar refractivity (Wildman–Crippen MR) is 368 cm³/mol. The number of ether oxygens (including phenoxy) is 2. The summed E-state index contributed by atoms with van der Waals surface area (Å²) < 4.78 is 11.3. The molecule has 9 heteroatoms. The minimum atomic E-state index is -1.59. The number of aliphatic hydroxyl groups is 5. The number of hydrogen-bond acceptors (Lipinski definition) is 8. The van der Waals surface area contributed by atoms with Gasteiger partial charge in [-0.15, -0.1) is 0 Å².